The van der Waals surface area contributed by atoms with E-state index in [1.807, 2.05) is 0 Å². The van der Waals surface area contributed by atoms with Gasteiger partial charge in [-0.2, -0.15) is 0 Å². The first-order chi connectivity index (χ1) is 8.47. The highest BCUT2D eigenvalue weighted by molar-refractivity contribution is 7.91. The Kier molecular flexibility index (Phi) is 6.20. The Balaban J connectivity index is 2.54. The minimum absolute atomic E-state index is 0.226. The second kappa shape index (κ2) is 7.18. The third-order valence-corrected chi connectivity index (χ3v) is 5.83. The maximum absolute atomic E-state index is 11.9. The summed E-state index contributed by atoms with van der Waals surface area (Å²) in [5.74, 6) is 0. The number of hydrogen-bond donors (Lipinski definition) is 2. The average Bonchev–Trinajstić information content (AvgIpc) is 2.78. The van der Waals surface area contributed by atoms with Crippen molar-refractivity contribution in [3.05, 3.63) is 17.0 Å². The van der Waals surface area contributed by atoms with E-state index in [0.717, 1.165) is 37.0 Å². The van der Waals surface area contributed by atoms with Gasteiger partial charge < -0.3 is 5.73 Å². The Morgan fingerprint density at radius 3 is 2.67 bits per heavy atom. The summed E-state index contributed by atoms with van der Waals surface area (Å²) in [7, 11) is -3.41. The molecule has 18 heavy (non-hydrogen) atoms. The minimum Gasteiger partial charge on any atom is -0.389 e. The summed E-state index contributed by atoms with van der Waals surface area (Å²) in [6.07, 6.45) is 4.17. The zero-order chi connectivity index (χ0) is 13.6. The SMILES string of the molecule is CCCCCCNS(=O)(=O)c1ccc(C(N)=S)s1. The molecule has 0 unspecified atom stereocenters. The zero-order valence-electron chi connectivity index (χ0n) is 10.3. The summed E-state index contributed by atoms with van der Waals surface area (Å²) < 4.78 is 26.7. The molecular weight excluding hydrogens is 288 g/mol. The summed E-state index contributed by atoms with van der Waals surface area (Å²) in [5, 5.41) is 0. The molecule has 0 fully saturated rings. The van der Waals surface area contributed by atoms with Crippen LogP contribution in [-0.2, 0) is 10.0 Å². The molecule has 0 aliphatic heterocycles. The number of hydrogen-bond acceptors (Lipinski definition) is 4. The Morgan fingerprint density at radius 1 is 1.39 bits per heavy atom. The van der Waals surface area contributed by atoms with Crippen molar-refractivity contribution >= 4 is 38.6 Å². The molecule has 0 spiro atoms. The van der Waals surface area contributed by atoms with E-state index in [2.05, 4.69) is 11.6 Å². The van der Waals surface area contributed by atoms with Crippen molar-refractivity contribution in [3.8, 4) is 0 Å². The smallest absolute Gasteiger partial charge is 0.250 e. The van der Waals surface area contributed by atoms with Crippen LogP contribution in [0.3, 0.4) is 0 Å². The zero-order valence-corrected chi connectivity index (χ0v) is 12.8. The number of rotatable bonds is 8. The Bertz CT molecular complexity index is 494. The molecule has 1 rings (SSSR count). The summed E-state index contributed by atoms with van der Waals surface area (Å²) in [6, 6.07) is 3.17. The van der Waals surface area contributed by atoms with Crippen molar-refractivity contribution < 1.29 is 8.42 Å². The summed E-state index contributed by atoms with van der Waals surface area (Å²) in [6.45, 7) is 2.59. The first-order valence-electron chi connectivity index (χ1n) is 5.86. The predicted molar refractivity (Wildman–Crippen MR) is 79.5 cm³/mol. The molecule has 0 saturated carbocycles. The Labute approximate surface area is 118 Å². The molecule has 7 heteroatoms. The lowest BCUT2D eigenvalue weighted by atomic mass is 10.2. The third kappa shape index (κ3) is 4.64. The molecular formula is C11H18N2O2S3. The van der Waals surface area contributed by atoms with Crippen LogP contribution in [0.5, 0.6) is 0 Å². The van der Waals surface area contributed by atoms with E-state index in [4.69, 9.17) is 18.0 Å². The van der Waals surface area contributed by atoms with Crippen molar-refractivity contribution in [2.24, 2.45) is 5.73 Å². The Hall–Kier alpha value is -0.500. The van der Waals surface area contributed by atoms with Gasteiger partial charge in [-0.15, -0.1) is 11.3 Å². The van der Waals surface area contributed by atoms with E-state index >= 15 is 0 Å². The number of nitrogens with one attached hydrogen (secondary N) is 1. The van der Waals surface area contributed by atoms with Crippen LogP contribution in [0.2, 0.25) is 0 Å². The van der Waals surface area contributed by atoms with Crippen LogP contribution in [0.1, 0.15) is 37.5 Å². The standard InChI is InChI=1S/C11H18N2O2S3/c1-2-3-4-5-8-13-18(14,15)10-7-6-9(17-10)11(12)16/h6-7,13H,2-5,8H2,1H3,(H2,12,16). The highest BCUT2D eigenvalue weighted by atomic mass is 32.2. The van der Waals surface area contributed by atoms with Crippen molar-refractivity contribution in [2.75, 3.05) is 6.54 Å². The third-order valence-electron chi connectivity index (χ3n) is 2.41. The second-order valence-electron chi connectivity index (χ2n) is 3.94. The van der Waals surface area contributed by atoms with Crippen molar-refractivity contribution in [2.45, 2.75) is 36.8 Å². The van der Waals surface area contributed by atoms with Gasteiger partial charge in [-0.1, -0.05) is 38.4 Å². The molecule has 1 heterocycles. The van der Waals surface area contributed by atoms with Crippen LogP contribution in [0.25, 0.3) is 0 Å². The van der Waals surface area contributed by atoms with E-state index in [1.165, 1.54) is 6.07 Å². The quantitative estimate of drug-likeness (QED) is 0.571. The van der Waals surface area contributed by atoms with Gasteiger partial charge in [0.1, 0.15) is 9.20 Å². The molecule has 0 radical (unpaired) electrons. The number of sulfonamides is 1. The first kappa shape index (κ1) is 15.6. The van der Waals surface area contributed by atoms with Crippen LogP contribution in [0.4, 0.5) is 0 Å². The summed E-state index contributed by atoms with van der Waals surface area (Å²) >= 11 is 5.91. The molecule has 1 aromatic heterocycles. The van der Waals surface area contributed by atoms with Gasteiger partial charge in [0.05, 0.1) is 4.88 Å². The molecule has 0 aliphatic carbocycles. The second-order valence-corrected chi connectivity index (χ2v) is 7.46. The molecule has 0 aromatic carbocycles. The number of thiophene rings is 1. The van der Waals surface area contributed by atoms with E-state index in [1.54, 1.807) is 6.07 Å². The molecule has 0 atom stereocenters. The van der Waals surface area contributed by atoms with Gasteiger partial charge >= 0.3 is 0 Å². The normalized spacial score (nSPS) is 11.6. The van der Waals surface area contributed by atoms with Crippen LogP contribution >= 0.6 is 23.6 Å². The van der Waals surface area contributed by atoms with Gasteiger partial charge in [-0.3, -0.25) is 0 Å². The number of unbranched alkanes of at least 4 members (excludes halogenated alkanes) is 3. The largest absolute Gasteiger partial charge is 0.389 e. The maximum atomic E-state index is 11.9. The van der Waals surface area contributed by atoms with E-state index in [0.29, 0.717) is 11.4 Å². The van der Waals surface area contributed by atoms with Crippen LogP contribution in [0.15, 0.2) is 16.3 Å². The molecule has 0 amide bonds. The van der Waals surface area contributed by atoms with Gasteiger partial charge in [-0.25, -0.2) is 13.1 Å². The van der Waals surface area contributed by atoms with Gasteiger partial charge in [0.2, 0.25) is 10.0 Å². The minimum atomic E-state index is -3.41. The number of thiocarbonyl (C=S) groups is 1. The fourth-order valence-electron chi connectivity index (χ4n) is 1.43. The number of nitrogens with two attached hydrogens (primary N) is 1. The van der Waals surface area contributed by atoms with Crippen molar-refractivity contribution in [1.29, 1.82) is 0 Å². The molecule has 102 valence electrons. The van der Waals surface area contributed by atoms with Crippen molar-refractivity contribution in [3.63, 3.8) is 0 Å². The molecule has 0 aliphatic rings. The fraction of sp³-hybridized carbons (Fsp3) is 0.545. The van der Waals surface area contributed by atoms with Gasteiger partial charge in [-0.05, 0) is 18.6 Å². The van der Waals surface area contributed by atoms with E-state index < -0.39 is 10.0 Å². The van der Waals surface area contributed by atoms with Crippen molar-refractivity contribution in [1.82, 2.24) is 4.72 Å². The molecule has 0 saturated heterocycles. The van der Waals surface area contributed by atoms with Crippen LogP contribution in [-0.4, -0.2) is 20.0 Å². The summed E-state index contributed by atoms with van der Waals surface area (Å²) in [4.78, 5) is 0.848. The topological polar surface area (TPSA) is 72.2 Å². The lowest BCUT2D eigenvalue weighted by Gasteiger charge is -2.04. The lowest BCUT2D eigenvalue weighted by molar-refractivity contribution is 0.575. The highest BCUT2D eigenvalue weighted by Gasteiger charge is 2.16. The lowest BCUT2D eigenvalue weighted by Crippen LogP contribution is -2.23. The molecule has 0 bridgehead atoms. The maximum Gasteiger partial charge on any atom is 0.250 e. The van der Waals surface area contributed by atoms with Gasteiger partial charge in [0.15, 0.2) is 0 Å². The molecule has 1 aromatic rings. The highest BCUT2D eigenvalue weighted by Crippen LogP contribution is 2.21. The molecule has 4 nitrogen and oxygen atoms in total. The van der Waals surface area contributed by atoms with E-state index in [-0.39, 0.29) is 9.20 Å². The van der Waals surface area contributed by atoms with Gasteiger partial charge in [0.25, 0.3) is 0 Å². The first-order valence-corrected chi connectivity index (χ1v) is 8.57. The van der Waals surface area contributed by atoms with Crippen LogP contribution < -0.4 is 10.5 Å². The average molecular weight is 306 g/mol. The van der Waals surface area contributed by atoms with Crippen LogP contribution in [0, 0.1) is 0 Å². The van der Waals surface area contributed by atoms with E-state index in [9.17, 15) is 8.42 Å². The monoisotopic (exact) mass is 306 g/mol. The predicted octanol–water partition coefficient (Wildman–Crippen LogP) is 2.24. The Morgan fingerprint density at radius 2 is 2.11 bits per heavy atom. The summed E-state index contributed by atoms with van der Waals surface area (Å²) in [5.41, 5.74) is 5.45. The molecule has 3 N–H and O–H groups in total. The fourth-order valence-corrected chi connectivity index (χ4v) is 3.90. The van der Waals surface area contributed by atoms with Gasteiger partial charge in [0, 0.05) is 6.54 Å².